The molecule has 2 aliphatic rings. The first-order valence-electron chi connectivity index (χ1n) is 17.4. The normalized spacial score (nSPS) is 19.2. The van der Waals surface area contributed by atoms with E-state index >= 15 is 4.39 Å². The maximum Gasteiger partial charge on any atom is 0.305 e. The fraction of sp³-hybridized carbons (Fsp3) is 0.513. The standard InChI is InChI=1S/C39H49F2N3O4/c1-24-18-35(45)44(23-28(24)12-10-16-43(3)4)34-13-9-7-5-6-8-11-27-19-30(40)17-25(2)37(27)29-20-31(26-14-15-26)38(41)32(21-29)33(22-36(46)47)42-39(34)48/h17-21,23,26,33-34H,5-16,22H2,1-4H3,(H,42,48)(H,46,47)/t33-,34-/m0/s1. The molecule has 1 saturated carbocycles. The molecule has 1 amide bonds. The van der Waals surface area contributed by atoms with Crippen LogP contribution in [0, 0.1) is 25.5 Å². The number of halogens is 2. The van der Waals surface area contributed by atoms with Crippen LogP contribution in [0.15, 0.2) is 41.3 Å². The van der Waals surface area contributed by atoms with Gasteiger partial charge in [-0.1, -0.05) is 25.7 Å². The van der Waals surface area contributed by atoms with Gasteiger partial charge in [-0.2, -0.15) is 0 Å². The summed E-state index contributed by atoms with van der Waals surface area (Å²) in [6, 6.07) is 6.02. The van der Waals surface area contributed by atoms with Crippen molar-refractivity contribution >= 4 is 11.9 Å². The molecule has 1 aromatic heterocycles. The summed E-state index contributed by atoms with van der Waals surface area (Å²) in [5, 5.41) is 12.9. The number of benzene rings is 2. The van der Waals surface area contributed by atoms with Crippen LogP contribution in [0.4, 0.5) is 8.78 Å². The Hall–Kier alpha value is -3.85. The van der Waals surface area contributed by atoms with Gasteiger partial charge in [0.15, 0.2) is 0 Å². The zero-order chi connectivity index (χ0) is 34.5. The number of carbonyl (C=O) groups is 2. The van der Waals surface area contributed by atoms with Crippen molar-refractivity contribution in [2.24, 2.45) is 0 Å². The highest BCUT2D eigenvalue weighted by molar-refractivity contribution is 5.82. The lowest BCUT2D eigenvalue weighted by Crippen LogP contribution is -2.40. The summed E-state index contributed by atoms with van der Waals surface area (Å²) >= 11 is 0. The predicted molar refractivity (Wildman–Crippen MR) is 184 cm³/mol. The van der Waals surface area contributed by atoms with Gasteiger partial charge in [-0.15, -0.1) is 0 Å². The predicted octanol–water partition coefficient (Wildman–Crippen LogP) is 7.55. The van der Waals surface area contributed by atoms with E-state index in [1.807, 2.05) is 34.0 Å². The monoisotopic (exact) mass is 661 g/mol. The lowest BCUT2D eigenvalue weighted by molar-refractivity contribution is -0.138. The highest BCUT2D eigenvalue weighted by Crippen LogP contribution is 2.45. The summed E-state index contributed by atoms with van der Waals surface area (Å²) in [4.78, 5) is 42.0. The number of fused-ring (bicyclic) bond motifs is 4. The summed E-state index contributed by atoms with van der Waals surface area (Å²) in [5.41, 5.74) is 5.26. The Balaban J connectivity index is 1.61. The van der Waals surface area contributed by atoms with Crippen molar-refractivity contribution in [3.63, 3.8) is 0 Å². The first-order chi connectivity index (χ1) is 22.9. The van der Waals surface area contributed by atoms with Crippen molar-refractivity contribution in [3.8, 4) is 11.1 Å². The Kier molecular flexibility index (Phi) is 11.5. The molecular formula is C39H49F2N3O4. The highest BCUT2D eigenvalue weighted by atomic mass is 19.1. The molecule has 7 nitrogen and oxygen atoms in total. The molecule has 1 fully saturated rings. The summed E-state index contributed by atoms with van der Waals surface area (Å²) < 4.78 is 32.6. The van der Waals surface area contributed by atoms with E-state index < -0.39 is 36.2 Å². The van der Waals surface area contributed by atoms with Gasteiger partial charge in [-0.3, -0.25) is 14.4 Å². The van der Waals surface area contributed by atoms with Crippen LogP contribution < -0.4 is 10.9 Å². The topological polar surface area (TPSA) is 91.6 Å². The fourth-order valence-electron chi connectivity index (χ4n) is 7.22. The SMILES string of the molecule is Cc1cc(=O)n([C@H]2CCCCCCCc3cc(F)cc(C)c3-c3cc(C4CC4)c(F)c(c3)[C@H](CC(=O)O)NC2=O)cc1CCCN(C)C. The number of hydrogen-bond acceptors (Lipinski definition) is 4. The lowest BCUT2D eigenvalue weighted by atomic mass is 9.87. The van der Waals surface area contributed by atoms with E-state index in [0.717, 1.165) is 85.7 Å². The molecule has 3 aromatic rings. The average molecular weight is 662 g/mol. The summed E-state index contributed by atoms with van der Waals surface area (Å²) in [7, 11) is 4.02. The van der Waals surface area contributed by atoms with Crippen LogP contribution in [0.1, 0.15) is 116 Å². The summed E-state index contributed by atoms with van der Waals surface area (Å²) in [6.07, 6.45) is 9.78. The Labute approximate surface area is 282 Å². The minimum Gasteiger partial charge on any atom is -0.481 e. The maximum atomic E-state index is 16.4. The van der Waals surface area contributed by atoms with Crippen LogP contribution in [-0.2, 0) is 22.4 Å². The molecule has 1 aliphatic carbocycles. The number of nitrogens with one attached hydrogen (secondary N) is 1. The molecule has 2 bridgehead atoms. The molecule has 2 N–H and O–H groups in total. The molecule has 48 heavy (non-hydrogen) atoms. The van der Waals surface area contributed by atoms with Crippen molar-refractivity contribution in [3.05, 3.63) is 91.9 Å². The second-order valence-electron chi connectivity index (χ2n) is 14.1. The number of aromatic nitrogens is 1. The van der Waals surface area contributed by atoms with Crippen LogP contribution in [0.3, 0.4) is 0 Å². The number of carbonyl (C=O) groups excluding carboxylic acids is 1. The molecule has 2 heterocycles. The molecule has 1 aliphatic heterocycles. The molecule has 0 unspecified atom stereocenters. The molecule has 0 saturated heterocycles. The molecular weight excluding hydrogens is 612 g/mol. The molecule has 5 rings (SSSR count). The lowest BCUT2D eigenvalue weighted by Gasteiger charge is -2.26. The number of amides is 1. The van der Waals surface area contributed by atoms with Gasteiger partial charge < -0.3 is 19.9 Å². The number of aliphatic carboxylic acids is 1. The second-order valence-corrected chi connectivity index (χ2v) is 14.1. The van der Waals surface area contributed by atoms with Gasteiger partial charge in [0.1, 0.15) is 17.7 Å². The summed E-state index contributed by atoms with van der Waals surface area (Å²) in [6.45, 7) is 4.63. The molecule has 2 aromatic carbocycles. The smallest absolute Gasteiger partial charge is 0.305 e. The minimum absolute atomic E-state index is 0.00415. The highest BCUT2D eigenvalue weighted by Gasteiger charge is 2.33. The van der Waals surface area contributed by atoms with Crippen LogP contribution in [-0.4, -0.2) is 47.1 Å². The van der Waals surface area contributed by atoms with E-state index in [1.54, 1.807) is 24.4 Å². The molecule has 9 heteroatoms. The van der Waals surface area contributed by atoms with Crippen molar-refractivity contribution < 1.29 is 23.5 Å². The number of nitrogens with zero attached hydrogens (tertiary/aromatic N) is 2. The third-order valence-electron chi connectivity index (χ3n) is 9.90. The second kappa shape index (κ2) is 15.6. The number of carboxylic acid groups (broad SMARTS) is 1. The number of rotatable bonds is 8. The van der Waals surface area contributed by atoms with Gasteiger partial charge in [0.05, 0.1) is 12.5 Å². The first-order valence-corrected chi connectivity index (χ1v) is 17.4. The third-order valence-corrected chi connectivity index (χ3v) is 9.90. The Morgan fingerprint density at radius 1 is 0.938 bits per heavy atom. The van der Waals surface area contributed by atoms with Crippen molar-refractivity contribution in [2.75, 3.05) is 20.6 Å². The molecule has 2 atom stereocenters. The van der Waals surface area contributed by atoms with Gasteiger partial charge in [-0.25, -0.2) is 8.78 Å². The Morgan fingerprint density at radius 2 is 1.65 bits per heavy atom. The quantitative estimate of drug-likeness (QED) is 0.260. The fourth-order valence-corrected chi connectivity index (χ4v) is 7.22. The number of pyridine rings is 1. The van der Waals surface area contributed by atoms with Crippen LogP contribution in [0.2, 0.25) is 0 Å². The van der Waals surface area contributed by atoms with Crippen LogP contribution >= 0.6 is 0 Å². The number of hydrogen-bond donors (Lipinski definition) is 2. The average Bonchev–Trinajstić information content (AvgIpc) is 3.84. The zero-order valence-electron chi connectivity index (χ0n) is 28.7. The number of aryl methyl sites for hydroxylation is 4. The number of carboxylic acids is 1. The van der Waals surface area contributed by atoms with E-state index in [9.17, 15) is 23.9 Å². The van der Waals surface area contributed by atoms with Gasteiger partial charge in [0.2, 0.25) is 5.91 Å². The van der Waals surface area contributed by atoms with E-state index in [-0.39, 0.29) is 22.9 Å². The van der Waals surface area contributed by atoms with Gasteiger partial charge >= 0.3 is 5.97 Å². The Morgan fingerprint density at radius 3 is 2.35 bits per heavy atom. The molecule has 0 radical (unpaired) electrons. The third kappa shape index (κ3) is 8.59. The van der Waals surface area contributed by atoms with E-state index in [2.05, 4.69) is 10.2 Å². The van der Waals surface area contributed by atoms with E-state index in [0.29, 0.717) is 30.4 Å². The summed E-state index contributed by atoms with van der Waals surface area (Å²) in [5.74, 6) is -2.51. The van der Waals surface area contributed by atoms with E-state index in [1.165, 1.54) is 10.6 Å². The van der Waals surface area contributed by atoms with E-state index in [4.69, 9.17) is 0 Å². The minimum atomic E-state index is -1.18. The van der Waals surface area contributed by atoms with Crippen molar-refractivity contribution in [1.82, 2.24) is 14.8 Å². The van der Waals surface area contributed by atoms with Crippen LogP contribution in [0.25, 0.3) is 11.1 Å². The molecule has 0 spiro atoms. The van der Waals surface area contributed by atoms with Crippen molar-refractivity contribution in [1.29, 1.82) is 0 Å². The largest absolute Gasteiger partial charge is 0.481 e. The van der Waals surface area contributed by atoms with Gasteiger partial charge in [-0.05, 0) is 149 Å². The van der Waals surface area contributed by atoms with Gasteiger partial charge in [0, 0.05) is 17.8 Å². The van der Waals surface area contributed by atoms with Gasteiger partial charge in [0.25, 0.3) is 5.56 Å². The first kappa shape index (κ1) is 35.5. The zero-order valence-corrected chi connectivity index (χ0v) is 28.7. The maximum absolute atomic E-state index is 16.4. The molecule has 258 valence electrons. The van der Waals surface area contributed by atoms with Crippen LogP contribution in [0.5, 0.6) is 0 Å². The Bertz CT molecular complexity index is 1710. The van der Waals surface area contributed by atoms with Crippen molar-refractivity contribution in [2.45, 2.75) is 109 Å².